The molecule has 7 nitrogen and oxygen atoms in total. The molecule has 0 spiro atoms. The number of hydrogen-bond acceptors (Lipinski definition) is 7. The van der Waals surface area contributed by atoms with E-state index in [1.807, 2.05) is 0 Å². The van der Waals surface area contributed by atoms with Crippen molar-refractivity contribution in [3.8, 4) is 11.5 Å². The van der Waals surface area contributed by atoms with Gasteiger partial charge in [-0.15, -0.1) is 0 Å². The van der Waals surface area contributed by atoms with E-state index in [-0.39, 0.29) is 18.7 Å². The largest absolute Gasteiger partial charge is 0.493 e. The number of anilines is 1. The van der Waals surface area contributed by atoms with Crippen LogP contribution in [0.3, 0.4) is 0 Å². The van der Waals surface area contributed by atoms with Crippen molar-refractivity contribution in [3.05, 3.63) is 53.1 Å². The average Bonchev–Trinajstić information content (AvgIpc) is 2.74. The van der Waals surface area contributed by atoms with Gasteiger partial charge in [0.15, 0.2) is 11.5 Å². The van der Waals surface area contributed by atoms with Gasteiger partial charge in [-0.25, -0.2) is 14.4 Å². The van der Waals surface area contributed by atoms with Crippen LogP contribution in [0.4, 0.5) is 19.0 Å². The minimum atomic E-state index is -3.80. The maximum atomic E-state index is 15.0. The zero-order chi connectivity index (χ0) is 26.2. The van der Waals surface area contributed by atoms with E-state index in [0.717, 1.165) is 19.9 Å². The molecule has 2 aromatic carbocycles. The lowest BCUT2D eigenvalue weighted by Crippen LogP contribution is -2.41. The van der Waals surface area contributed by atoms with Gasteiger partial charge in [-0.05, 0) is 46.8 Å². The number of nitrogens with one attached hydrogen (secondary N) is 1. The van der Waals surface area contributed by atoms with Crippen molar-refractivity contribution in [3.63, 3.8) is 0 Å². The van der Waals surface area contributed by atoms with Gasteiger partial charge < -0.3 is 25.0 Å². The zero-order valence-corrected chi connectivity index (χ0v) is 20.5. The van der Waals surface area contributed by atoms with E-state index in [1.54, 1.807) is 32.9 Å². The molecule has 0 bridgehead atoms. The summed E-state index contributed by atoms with van der Waals surface area (Å²) in [5.41, 5.74) is -3.92. The molecule has 0 saturated heterocycles. The monoisotopic (exact) mass is 493 g/mol. The molecule has 0 unspecified atom stereocenters. The SMILES string of the molecule is COc1cc2nc(C)nc(NCc3cccc(C(F)(F)C(C)(C)O)c3F)c2cc1OCC(C)(C)O. The molecule has 3 N–H and O–H groups in total. The number of fused-ring (bicyclic) bond motifs is 1. The molecule has 35 heavy (non-hydrogen) atoms. The summed E-state index contributed by atoms with van der Waals surface area (Å²) >= 11 is 0. The van der Waals surface area contributed by atoms with Crippen LogP contribution in [0.1, 0.15) is 44.6 Å². The van der Waals surface area contributed by atoms with Crippen molar-refractivity contribution < 1.29 is 32.9 Å². The summed E-state index contributed by atoms with van der Waals surface area (Å²) in [6.45, 7) is 6.59. The fraction of sp³-hybridized carbons (Fsp3) is 0.440. The van der Waals surface area contributed by atoms with E-state index in [4.69, 9.17) is 9.47 Å². The van der Waals surface area contributed by atoms with Crippen LogP contribution in [0.15, 0.2) is 30.3 Å². The number of halogens is 3. The van der Waals surface area contributed by atoms with Gasteiger partial charge in [0.1, 0.15) is 29.7 Å². The third kappa shape index (κ3) is 5.76. The van der Waals surface area contributed by atoms with Crippen LogP contribution in [-0.2, 0) is 12.5 Å². The Hall–Kier alpha value is -3.11. The second-order valence-electron chi connectivity index (χ2n) is 9.51. The van der Waals surface area contributed by atoms with Crippen molar-refractivity contribution in [2.75, 3.05) is 19.0 Å². The molecule has 0 radical (unpaired) electrons. The van der Waals surface area contributed by atoms with Crippen molar-refractivity contribution in [1.29, 1.82) is 0 Å². The first-order valence-electron chi connectivity index (χ1n) is 11.0. The Kier molecular flexibility index (Phi) is 7.19. The highest BCUT2D eigenvalue weighted by Crippen LogP contribution is 2.40. The van der Waals surface area contributed by atoms with Gasteiger partial charge in [-0.2, -0.15) is 8.78 Å². The quantitative estimate of drug-likeness (QED) is 0.397. The minimum Gasteiger partial charge on any atom is -0.493 e. The molecule has 0 atom stereocenters. The zero-order valence-electron chi connectivity index (χ0n) is 20.5. The van der Waals surface area contributed by atoms with Crippen molar-refractivity contribution >= 4 is 16.7 Å². The summed E-state index contributed by atoms with van der Waals surface area (Å²) in [5.74, 6) is -3.40. The van der Waals surface area contributed by atoms with Crippen LogP contribution in [0, 0.1) is 12.7 Å². The number of aliphatic hydroxyl groups is 2. The normalized spacial score (nSPS) is 12.7. The maximum absolute atomic E-state index is 15.0. The standard InChI is InChI=1S/C25H30F3N3O4/c1-14-30-18-11-19(34-6)20(35-13-23(2,3)32)10-16(18)22(31-14)29-12-15-8-7-9-17(21(15)26)25(27,28)24(4,5)33/h7-11,32-33H,12-13H2,1-6H3,(H,29,30,31). The highest BCUT2D eigenvalue weighted by atomic mass is 19.3. The molecule has 3 rings (SSSR count). The lowest BCUT2D eigenvalue weighted by molar-refractivity contribution is -0.170. The number of ether oxygens (including phenoxy) is 2. The predicted molar refractivity (Wildman–Crippen MR) is 127 cm³/mol. The number of methoxy groups -OCH3 is 1. The summed E-state index contributed by atoms with van der Waals surface area (Å²) in [5, 5.41) is 23.4. The molecule has 0 amide bonds. The van der Waals surface area contributed by atoms with Crippen LogP contribution in [0.2, 0.25) is 0 Å². The van der Waals surface area contributed by atoms with Crippen LogP contribution in [0.5, 0.6) is 11.5 Å². The first kappa shape index (κ1) is 26.5. The molecule has 3 aromatic rings. The molecule has 10 heteroatoms. The highest BCUT2D eigenvalue weighted by molar-refractivity contribution is 5.91. The van der Waals surface area contributed by atoms with Gasteiger partial charge >= 0.3 is 5.92 Å². The number of nitrogens with zero attached hydrogens (tertiary/aromatic N) is 2. The number of alkyl halides is 2. The Morgan fingerprint density at radius 3 is 2.31 bits per heavy atom. The molecule has 1 aromatic heterocycles. The van der Waals surface area contributed by atoms with E-state index in [9.17, 15) is 19.0 Å². The molecular weight excluding hydrogens is 463 g/mol. The summed E-state index contributed by atoms with van der Waals surface area (Å²) in [4.78, 5) is 8.79. The van der Waals surface area contributed by atoms with Crippen LogP contribution in [-0.4, -0.2) is 45.1 Å². The van der Waals surface area contributed by atoms with E-state index >= 15 is 4.39 Å². The molecule has 1 heterocycles. The van der Waals surface area contributed by atoms with Gasteiger partial charge in [0.05, 0.1) is 23.8 Å². The van der Waals surface area contributed by atoms with Crippen LogP contribution in [0.25, 0.3) is 10.9 Å². The Labute approximate surface area is 201 Å². The second-order valence-corrected chi connectivity index (χ2v) is 9.51. The van der Waals surface area contributed by atoms with E-state index in [0.29, 0.717) is 34.0 Å². The number of aryl methyl sites for hydroxylation is 1. The summed E-state index contributed by atoms with van der Waals surface area (Å²) in [6, 6.07) is 6.94. The van der Waals surface area contributed by atoms with Crippen molar-refractivity contribution in [2.24, 2.45) is 0 Å². The summed E-state index contributed by atoms with van der Waals surface area (Å²) in [7, 11) is 1.48. The summed E-state index contributed by atoms with van der Waals surface area (Å²) in [6.07, 6.45) is 0. The fourth-order valence-corrected chi connectivity index (χ4v) is 3.38. The average molecular weight is 494 g/mol. The van der Waals surface area contributed by atoms with Crippen LogP contribution < -0.4 is 14.8 Å². The number of hydrogen-bond donors (Lipinski definition) is 3. The first-order chi connectivity index (χ1) is 16.1. The Morgan fingerprint density at radius 2 is 1.71 bits per heavy atom. The number of benzene rings is 2. The lowest BCUT2D eigenvalue weighted by atomic mass is 9.92. The van der Waals surface area contributed by atoms with Gasteiger partial charge in [0.2, 0.25) is 0 Å². The van der Waals surface area contributed by atoms with Crippen LogP contribution >= 0.6 is 0 Å². The third-order valence-electron chi connectivity index (χ3n) is 5.31. The summed E-state index contributed by atoms with van der Waals surface area (Å²) < 4.78 is 55.4. The minimum absolute atomic E-state index is 0.00221. The third-order valence-corrected chi connectivity index (χ3v) is 5.31. The van der Waals surface area contributed by atoms with E-state index in [1.165, 1.54) is 19.2 Å². The molecular formula is C25H30F3N3O4. The van der Waals surface area contributed by atoms with E-state index < -0.39 is 28.5 Å². The lowest BCUT2D eigenvalue weighted by Gasteiger charge is -2.30. The molecule has 0 aliphatic rings. The van der Waals surface area contributed by atoms with Gasteiger partial charge in [0.25, 0.3) is 0 Å². The van der Waals surface area contributed by atoms with Crippen molar-refractivity contribution in [1.82, 2.24) is 9.97 Å². The Morgan fingerprint density at radius 1 is 1.03 bits per heavy atom. The molecule has 0 aliphatic heterocycles. The molecule has 190 valence electrons. The van der Waals surface area contributed by atoms with E-state index in [2.05, 4.69) is 15.3 Å². The fourth-order valence-electron chi connectivity index (χ4n) is 3.38. The molecule has 0 fully saturated rings. The maximum Gasteiger partial charge on any atom is 0.303 e. The van der Waals surface area contributed by atoms with Gasteiger partial charge in [0, 0.05) is 23.6 Å². The highest BCUT2D eigenvalue weighted by Gasteiger charge is 2.48. The smallest absolute Gasteiger partial charge is 0.303 e. The van der Waals surface area contributed by atoms with Gasteiger partial charge in [-0.3, -0.25) is 0 Å². The number of rotatable bonds is 9. The molecule has 0 aliphatic carbocycles. The Balaban J connectivity index is 1.98. The topological polar surface area (TPSA) is 96.7 Å². The van der Waals surface area contributed by atoms with Gasteiger partial charge in [-0.1, -0.05) is 12.1 Å². The second kappa shape index (κ2) is 9.50. The number of aromatic nitrogens is 2. The molecule has 0 saturated carbocycles. The van der Waals surface area contributed by atoms with Crippen molar-refractivity contribution in [2.45, 2.75) is 58.3 Å². The first-order valence-corrected chi connectivity index (χ1v) is 11.0. The predicted octanol–water partition coefficient (Wildman–Crippen LogP) is 4.71. The Bertz CT molecular complexity index is 1220.